The molecule has 0 rings (SSSR count). The highest BCUT2D eigenvalue weighted by atomic mass is 16.6. The summed E-state index contributed by atoms with van der Waals surface area (Å²) < 4.78 is 4.79. The first-order valence-corrected chi connectivity index (χ1v) is 2.95. The highest BCUT2D eigenvalue weighted by Crippen LogP contribution is 1.82. The minimum atomic E-state index is -0.715. The summed E-state index contributed by atoms with van der Waals surface area (Å²) in [4.78, 5) is 0. The van der Waals surface area contributed by atoms with Crippen LogP contribution in [0.5, 0.6) is 0 Å². The van der Waals surface area contributed by atoms with E-state index < -0.39 is 6.29 Å². The quantitative estimate of drug-likeness (QED) is 0.519. The third kappa shape index (κ3) is 5.33. The van der Waals surface area contributed by atoms with Gasteiger partial charge in [0, 0.05) is 6.61 Å². The SMILES string of the molecule is C=CNCC(O)OCC. The maximum atomic E-state index is 8.85. The van der Waals surface area contributed by atoms with Gasteiger partial charge in [-0.1, -0.05) is 6.58 Å². The molecule has 0 radical (unpaired) electrons. The van der Waals surface area contributed by atoms with Crippen molar-refractivity contribution in [1.29, 1.82) is 0 Å². The molecule has 54 valence electrons. The van der Waals surface area contributed by atoms with Gasteiger partial charge < -0.3 is 15.2 Å². The molecule has 0 spiro atoms. The van der Waals surface area contributed by atoms with Crippen molar-refractivity contribution >= 4 is 0 Å². The molecule has 0 heterocycles. The van der Waals surface area contributed by atoms with Crippen molar-refractivity contribution in [2.45, 2.75) is 13.2 Å². The Morgan fingerprint density at radius 3 is 3.00 bits per heavy atom. The molecule has 0 aromatic heterocycles. The molecule has 0 saturated heterocycles. The van der Waals surface area contributed by atoms with Crippen LogP contribution in [0.3, 0.4) is 0 Å². The standard InChI is InChI=1S/C6H13NO2/c1-3-7-5-6(8)9-4-2/h3,6-8H,1,4-5H2,2H3. The van der Waals surface area contributed by atoms with Crippen LogP contribution in [0, 0.1) is 0 Å². The average molecular weight is 131 g/mol. The van der Waals surface area contributed by atoms with Crippen LogP contribution in [0.4, 0.5) is 0 Å². The van der Waals surface area contributed by atoms with Crippen molar-refractivity contribution < 1.29 is 9.84 Å². The summed E-state index contributed by atoms with van der Waals surface area (Å²) in [6.07, 6.45) is 0.801. The Morgan fingerprint density at radius 1 is 1.89 bits per heavy atom. The molecule has 0 fully saturated rings. The number of nitrogens with one attached hydrogen (secondary N) is 1. The van der Waals surface area contributed by atoms with Crippen molar-refractivity contribution in [2.24, 2.45) is 0 Å². The molecular weight excluding hydrogens is 118 g/mol. The highest BCUT2D eigenvalue weighted by Gasteiger charge is 1.97. The molecule has 2 N–H and O–H groups in total. The van der Waals surface area contributed by atoms with Crippen LogP contribution < -0.4 is 5.32 Å². The van der Waals surface area contributed by atoms with Gasteiger partial charge in [0.1, 0.15) is 0 Å². The van der Waals surface area contributed by atoms with E-state index in [2.05, 4.69) is 11.9 Å². The van der Waals surface area contributed by atoms with Gasteiger partial charge in [-0.05, 0) is 13.1 Å². The predicted octanol–water partition coefficient (Wildman–Crippen LogP) is 0.0744. The highest BCUT2D eigenvalue weighted by molar-refractivity contribution is 4.62. The van der Waals surface area contributed by atoms with E-state index in [9.17, 15) is 0 Å². The maximum absolute atomic E-state index is 8.85. The molecule has 0 aliphatic carbocycles. The smallest absolute Gasteiger partial charge is 0.171 e. The van der Waals surface area contributed by atoms with Crippen LogP contribution in [0.25, 0.3) is 0 Å². The Morgan fingerprint density at radius 2 is 2.56 bits per heavy atom. The Hall–Kier alpha value is -0.540. The fourth-order valence-corrected chi connectivity index (χ4v) is 0.435. The molecule has 1 unspecified atom stereocenters. The second kappa shape index (κ2) is 5.59. The predicted molar refractivity (Wildman–Crippen MR) is 35.8 cm³/mol. The molecule has 3 heteroatoms. The zero-order valence-electron chi connectivity index (χ0n) is 5.63. The van der Waals surface area contributed by atoms with Crippen LogP contribution in [-0.4, -0.2) is 24.5 Å². The van der Waals surface area contributed by atoms with Gasteiger partial charge in [0.25, 0.3) is 0 Å². The van der Waals surface area contributed by atoms with Gasteiger partial charge >= 0.3 is 0 Å². The summed E-state index contributed by atoms with van der Waals surface area (Å²) >= 11 is 0. The second-order valence-electron chi connectivity index (χ2n) is 1.52. The molecule has 0 aromatic rings. The lowest BCUT2D eigenvalue weighted by Gasteiger charge is -2.08. The molecule has 0 saturated carbocycles. The zero-order chi connectivity index (χ0) is 7.11. The van der Waals surface area contributed by atoms with Gasteiger partial charge in [0.05, 0.1) is 6.54 Å². The van der Waals surface area contributed by atoms with Gasteiger partial charge in [-0.3, -0.25) is 0 Å². The third-order valence-corrected chi connectivity index (χ3v) is 0.796. The number of hydrogen-bond donors (Lipinski definition) is 2. The molecular formula is C6H13NO2. The van der Waals surface area contributed by atoms with Gasteiger partial charge in [-0.25, -0.2) is 0 Å². The molecule has 0 bridgehead atoms. The third-order valence-electron chi connectivity index (χ3n) is 0.796. The van der Waals surface area contributed by atoms with E-state index in [1.54, 1.807) is 0 Å². The van der Waals surface area contributed by atoms with Crippen LogP contribution in [0.1, 0.15) is 6.92 Å². The minimum absolute atomic E-state index is 0.400. The van der Waals surface area contributed by atoms with Crippen molar-refractivity contribution in [3.8, 4) is 0 Å². The van der Waals surface area contributed by atoms with E-state index in [1.165, 1.54) is 6.20 Å². The van der Waals surface area contributed by atoms with Gasteiger partial charge in [0.15, 0.2) is 6.29 Å². The van der Waals surface area contributed by atoms with Crippen molar-refractivity contribution in [3.05, 3.63) is 12.8 Å². The summed E-state index contributed by atoms with van der Waals surface area (Å²) in [5.41, 5.74) is 0. The van der Waals surface area contributed by atoms with Crippen molar-refractivity contribution in [3.63, 3.8) is 0 Å². The molecule has 0 aliphatic heterocycles. The van der Waals surface area contributed by atoms with Crippen molar-refractivity contribution in [1.82, 2.24) is 5.32 Å². The topological polar surface area (TPSA) is 41.5 Å². The number of aliphatic hydroxyl groups excluding tert-OH is 1. The molecule has 1 atom stereocenters. The molecule has 0 aromatic carbocycles. The lowest BCUT2D eigenvalue weighted by Crippen LogP contribution is -2.25. The van der Waals surface area contributed by atoms with Crippen molar-refractivity contribution in [2.75, 3.05) is 13.2 Å². The monoisotopic (exact) mass is 131 g/mol. The lowest BCUT2D eigenvalue weighted by molar-refractivity contribution is -0.0897. The molecule has 3 nitrogen and oxygen atoms in total. The first kappa shape index (κ1) is 8.46. The van der Waals surface area contributed by atoms with Gasteiger partial charge in [-0.2, -0.15) is 0 Å². The molecule has 9 heavy (non-hydrogen) atoms. The Bertz CT molecular complexity index is 75.5. The summed E-state index contributed by atoms with van der Waals surface area (Å²) in [7, 11) is 0. The summed E-state index contributed by atoms with van der Waals surface area (Å²) in [5, 5.41) is 11.6. The zero-order valence-corrected chi connectivity index (χ0v) is 5.63. The van der Waals surface area contributed by atoms with Crippen LogP contribution >= 0.6 is 0 Å². The molecule has 0 aliphatic rings. The summed E-state index contributed by atoms with van der Waals surface area (Å²) in [6, 6.07) is 0. The molecule has 0 amide bonds. The maximum Gasteiger partial charge on any atom is 0.171 e. The second-order valence-corrected chi connectivity index (χ2v) is 1.52. The van der Waals surface area contributed by atoms with E-state index in [0.29, 0.717) is 13.2 Å². The van der Waals surface area contributed by atoms with Crippen LogP contribution in [0.15, 0.2) is 12.8 Å². The summed E-state index contributed by atoms with van der Waals surface area (Å²) in [5.74, 6) is 0. The normalized spacial score (nSPS) is 12.7. The van der Waals surface area contributed by atoms with Crippen LogP contribution in [0.2, 0.25) is 0 Å². The average Bonchev–Trinajstić information content (AvgIpc) is 1.85. The number of ether oxygens (including phenoxy) is 1. The van der Waals surface area contributed by atoms with E-state index in [0.717, 1.165) is 0 Å². The van der Waals surface area contributed by atoms with Crippen LogP contribution in [-0.2, 0) is 4.74 Å². The number of rotatable bonds is 5. The van der Waals surface area contributed by atoms with E-state index in [1.807, 2.05) is 6.92 Å². The van der Waals surface area contributed by atoms with E-state index in [4.69, 9.17) is 9.84 Å². The number of aliphatic hydroxyl groups is 1. The minimum Gasteiger partial charge on any atom is -0.386 e. The Kier molecular flexibility index (Phi) is 5.26. The fraction of sp³-hybridized carbons (Fsp3) is 0.667. The largest absolute Gasteiger partial charge is 0.386 e. The summed E-state index contributed by atoms with van der Waals surface area (Å²) in [6.45, 7) is 6.17. The Balaban J connectivity index is 3.04. The van der Waals surface area contributed by atoms with E-state index >= 15 is 0 Å². The first-order chi connectivity index (χ1) is 4.31. The first-order valence-electron chi connectivity index (χ1n) is 2.95. The van der Waals surface area contributed by atoms with E-state index in [-0.39, 0.29) is 0 Å². The Labute approximate surface area is 55.3 Å². The number of hydrogen-bond acceptors (Lipinski definition) is 3. The van der Waals surface area contributed by atoms with Gasteiger partial charge in [0.2, 0.25) is 0 Å². The lowest BCUT2D eigenvalue weighted by atomic mass is 10.6. The van der Waals surface area contributed by atoms with Gasteiger partial charge in [-0.15, -0.1) is 0 Å². The fourth-order valence-electron chi connectivity index (χ4n) is 0.435.